The number of hydrogen-bond acceptors (Lipinski definition) is 4. The van der Waals surface area contributed by atoms with E-state index in [1.807, 2.05) is 6.55 Å². The van der Waals surface area contributed by atoms with Crippen LogP contribution in [0.15, 0.2) is 0 Å². The Morgan fingerprint density at radius 2 is 1.10 bits per heavy atom. The van der Waals surface area contributed by atoms with Gasteiger partial charge < -0.3 is 18.6 Å². The normalized spacial score (nSPS) is 11.1. The lowest BCUT2D eigenvalue weighted by Crippen LogP contribution is -2.12. The highest BCUT2D eigenvalue weighted by Crippen LogP contribution is 2.04. The Balaban J connectivity index is 2.89. The van der Waals surface area contributed by atoms with Crippen molar-refractivity contribution in [2.45, 2.75) is 52.0 Å². The minimum atomic E-state index is 0.541. The van der Waals surface area contributed by atoms with E-state index >= 15 is 0 Å². The van der Waals surface area contributed by atoms with Crippen LogP contribution < -0.4 is 0 Å². The third-order valence-electron chi connectivity index (χ3n) is 2.86. The summed E-state index contributed by atoms with van der Waals surface area (Å²) in [6.07, 6.45) is 7.84. The molecular weight excluding hydrogens is 272 g/mol. The van der Waals surface area contributed by atoms with Crippen molar-refractivity contribution in [3.8, 4) is 0 Å². The predicted molar refractivity (Wildman–Crippen MR) is 83.4 cm³/mol. The average Bonchev–Trinajstić information content (AvgIpc) is 2.47. The van der Waals surface area contributed by atoms with Crippen LogP contribution in [-0.2, 0) is 18.6 Å². The molecule has 0 fully saturated rings. The summed E-state index contributed by atoms with van der Waals surface area (Å²) in [5, 5.41) is 0. The quantitative estimate of drug-likeness (QED) is 0.306. The van der Waals surface area contributed by atoms with E-state index < -0.39 is 0 Å². The molecule has 0 aromatic carbocycles. The third-order valence-corrected chi connectivity index (χ3v) is 3.35. The van der Waals surface area contributed by atoms with Gasteiger partial charge in [-0.05, 0) is 13.0 Å². The smallest absolute Gasteiger partial charge is 0.226 e. The summed E-state index contributed by atoms with van der Waals surface area (Å²) in [6.45, 7) is 9.06. The first-order valence-corrected chi connectivity index (χ1v) is 9.34. The Morgan fingerprint density at radius 1 is 0.600 bits per heavy atom. The minimum Gasteiger partial charge on any atom is -0.415 e. The molecule has 0 rings (SSSR count). The fourth-order valence-corrected chi connectivity index (χ4v) is 2.02. The van der Waals surface area contributed by atoms with E-state index in [-0.39, 0.29) is 0 Å². The summed E-state index contributed by atoms with van der Waals surface area (Å²) >= 11 is 0. The fourth-order valence-electron chi connectivity index (χ4n) is 1.73. The molecule has 0 amide bonds. The number of hydrogen-bond donors (Lipinski definition) is 0. The van der Waals surface area contributed by atoms with E-state index in [2.05, 4.69) is 6.92 Å². The molecule has 0 aromatic heterocycles. The second-order valence-corrected chi connectivity index (χ2v) is 5.35. The highest BCUT2D eigenvalue weighted by molar-refractivity contribution is 6.24. The summed E-state index contributed by atoms with van der Waals surface area (Å²) in [7, 11) is 0.541. The van der Waals surface area contributed by atoms with Crippen molar-refractivity contribution in [2.75, 3.05) is 46.2 Å². The van der Waals surface area contributed by atoms with Crippen LogP contribution in [0.4, 0.5) is 0 Å². The van der Waals surface area contributed by atoms with Gasteiger partial charge in [0.2, 0.25) is 9.76 Å². The van der Waals surface area contributed by atoms with Crippen molar-refractivity contribution in [1.82, 2.24) is 0 Å². The first-order chi connectivity index (χ1) is 9.91. The SMILES string of the molecule is CCCCCCCCOCCOCCOCCO[Si]C. The second-order valence-electron chi connectivity index (χ2n) is 4.66. The maximum atomic E-state index is 5.51. The van der Waals surface area contributed by atoms with Crippen LogP contribution in [0.25, 0.3) is 0 Å². The van der Waals surface area contributed by atoms with Gasteiger partial charge in [0.05, 0.1) is 39.6 Å². The van der Waals surface area contributed by atoms with E-state index in [0.29, 0.717) is 49.4 Å². The third kappa shape index (κ3) is 18.1. The van der Waals surface area contributed by atoms with E-state index in [4.69, 9.17) is 18.6 Å². The average molecular weight is 305 g/mol. The van der Waals surface area contributed by atoms with Gasteiger partial charge in [0.15, 0.2) is 0 Å². The van der Waals surface area contributed by atoms with Gasteiger partial charge >= 0.3 is 0 Å². The van der Waals surface area contributed by atoms with Crippen molar-refractivity contribution in [3.63, 3.8) is 0 Å². The topological polar surface area (TPSA) is 36.9 Å². The Kier molecular flexibility index (Phi) is 19.1. The molecule has 0 N–H and O–H groups in total. The van der Waals surface area contributed by atoms with Gasteiger partial charge in [-0.15, -0.1) is 0 Å². The Bertz CT molecular complexity index is 152. The van der Waals surface area contributed by atoms with Crippen molar-refractivity contribution < 1.29 is 18.6 Å². The first-order valence-electron chi connectivity index (χ1n) is 7.93. The molecule has 5 heteroatoms. The maximum absolute atomic E-state index is 5.51. The van der Waals surface area contributed by atoms with Gasteiger partial charge in [0.25, 0.3) is 0 Å². The van der Waals surface area contributed by atoms with Crippen LogP contribution in [-0.4, -0.2) is 56.0 Å². The first kappa shape index (κ1) is 20.1. The van der Waals surface area contributed by atoms with E-state index in [0.717, 1.165) is 6.61 Å². The monoisotopic (exact) mass is 304 g/mol. The highest BCUT2D eigenvalue weighted by Gasteiger charge is 1.93. The molecule has 0 aromatic rings. The zero-order chi connectivity index (χ0) is 14.7. The summed E-state index contributed by atoms with van der Waals surface area (Å²) in [6, 6.07) is 0. The zero-order valence-electron chi connectivity index (χ0n) is 13.3. The van der Waals surface area contributed by atoms with Crippen molar-refractivity contribution >= 4 is 9.76 Å². The van der Waals surface area contributed by atoms with Gasteiger partial charge in [-0.1, -0.05) is 39.0 Å². The predicted octanol–water partition coefficient (Wildman–Crippen LogP) is 3.08. The lowest BCUT2D eigenvalue weighted by molar-refractivity contribution is 0.00897. The van der Waals surface area contributed by atoms with Crippen LogP contribution in [0, 0.1) is 0 Å². The fraction of sp³-hybridized carbons (Fsp3) is 1.00. The second kappa shape index (κ2) is 19.1. The molecule has 0 unspecified atom stereocenters. The molecule has 0 aliphatic rings. The molecule has 0 saturated heterocycles. The molecule has 4 nitrogen and oxygen atoms in total. The van der Waals surface area contributed by atoms with Crippen LogP contribution >= 0.6 is 0 Å². The Hall–Kier alpha value is 0.0569. The standard InChI is InChI=1S/C15H32O4Si/c1-3-4-5-6-7-8-9-16-10-11-17-12-13-18-14-15-19-20-2/h3-15H2,1-2H3. The lowest BCUT2D eigenvalue weighted by atomic mass is 10.1. The summed E-state index contributed by atoms with van der Waals surface area (Å²) in [4.78, 5) is 0. The summed E-state index contributed by atoms with van der Waals surface area (Å²) in [5.74, 6) is 0. The molecular formula is C15H32O4Si. The van der Waals surface area contributed by atoms with Gasteiger partial charge in [-0.25, -0.2) is 0 Å². The van der Waals surface area contributed by atoms with E-state index in [1.54, 1.807) is 0 Å². The van der Waals surface area contributed by atoms with E-state index in [1.165, 1.54) is 38.5 Å². The Labute approximate surface area is 127 Å². The van der Waals surface area contributed by atoms with Crippen LogP contribution in [0.1, 0.15) is 45.4 Å². The van der Waals surface area contributed by atoms with Crippen LogP contribution in [0.2, 0.25) is 6.55 Å². The van der Waals surface area contributed by atoms with Crippen LogP contribution in [0.5, 0.6) is 0 Å². The molecule has 0 bridgehead atoms. The molecule has 20 heavy (non-hydrogen) atoms. The van der Waals surface area contributed by atoms with Gasteiger partial charge in [-0.3, -0.25) is 0 Å². The van der Waals surface area contributed by atoms with Gasteiger partial charge in [-0.2, -0.15) is 0 Å². The number of ether oxygens (including phenoxy) is 3. The molecule has 0 aliphatic carbocycles. The van der Waals surface area contributed by atoms with Gasteiger partial charge in [0, 0.05) is 6.61 Å². The van der Waals surface area contributed by atoms with Crippen molar-refractivity contribution in [1.29, 1.82) is 0 Å². The molecule has 0 atom stereocenters. The molecule has 0 spiro atoms. The highest BCUT2D eigenvalue weighted by atomic mass is 28.2. The molecule has 0 saturated carbocycles. The van der Waals surface area contributed by atoms with Crippen LogP contribution in [0.3, 0.4) is 0 Å². The lowest BCUT2D eigenvalue weighted by Gasteiger charge is -2.07. The largest absolute Gasteiger partial charge is 0.415 e. The summed E-state index contributed by atoms with van der Waals surface area (Å²) in [5.41, 5.74) is 0. The van der Waals surface area contributed by atoms with Crippen molar-refractivity contribution in [3.05, 3.63) is 0 Å². The molecule has 2 radical (unpaired) electrons. The number of unbranched alkanes of at least 4 members (excludes halogenated alkanes) is 5. The number of rotatable bonds is 17. The molecule has 0 aliphatic heterocycles. The molecule has 0 heterocycles. The minimum absolute atomic E-state index is 0.541. The Morgan fingerprint density at radius 3 is 1.70 bits per heavy atom. The van der Waals surface area contributed by atoms with Crippen molar-refractivity contribution in [2.24, 2.45) is 0 Å². The van der Waals surface area contributed by atoms with E-state index in [9.17, 15) is 0 Å². The maximum Gasteiger partial charge on any atom is 0.226 e. The summed E-state index contributed by atoms with van der Waals surface area (Å²) < 4.78 is 21.5. The zero-order valence-corrected chi connectivity index (χ0v) is 14.3. The van der Waals surface area contributed by atoms with Gasteiger partial charge in [0.1, 0.15) is 0 Å². The molecule has 120 valence electrons.